The molecule has 0 aliphatic heterocycles. The van der Waals surface area contributed by atoms with Gasteiger partial charge in [-0.05, 0) is 6.92 Å². The van der Waals surface area contributed by atoms with E-state index in [1.54, 1.807) is 0 Å². The third-order valence-corrected chi connectivity index (χ3v) is 1.78. The lowest BCUT2D eigenvalue weighted by Gasteiger charge is -1.94. The molecule has 0 spiro atoms. The van der Waals surface area contributed by atoms with Crippen molar-refractivity contribution in [3.8, 4) is 0 Å². The summed E-state index contributed by atoms with van der Waals surface area (Å²) in [5.41, 5.74) is 0.857. The molecule has 0 aromatic carbocycles. The van der Waals surface area contributed by atoms with Gasteiger partial charge >= 0.3 is 0 Å². The highest BCUT2D eigenvalue weighted by molar-refractivity contribution is 6.16. The molecule has 0 aliphatic carbocycles. The Bertz CT molecular complexity index is 242. The summed E-state index contributed by atoms with van der Waals surface area (Å²) in [5, 5.41) is 0. The molecule has 0 saturated carbocycles. The minimum Gasteiger partial charge on any atom is -0.445 e. The van der Waals surface area contributed by atoms with Crippen molar-refractivity contribution in [3.05, 3.63) is 17.3 Å². The van der Waals surface area contributed by atoms with Gasteiger partial charge in [-0.15, -0.1) is 11.6 Å². The van der Waals surface area contributed by atoms with Crippen LogP contribution in [0.5, 0.6) is 0 Å². The predicted molar refractivity (Wildman–Crippen MR) is 44.9 cm³/mol. The fourth-order valence-corrected chi connectivity index (χ4v) is 1.07. The van der Waals surface area contributed by atoms with E-state index in [1.165, 1.54) is 0 Å². The quantitative estimate of drug-likeness (QED) is 0.643. The summed E-state index contributed by atoms with van der Waals surface area (Å²) in [5.74, 6) is 2.38. The van der Waals surface area contributed by atoms with Crippen LogP contribution < -0.4 is 0 Å². The lowest BCUT2D eigenvalue weighted by molar-refractivity contribution is 0.450. The van der Waals surface area contributed by atoms with Gasteiger partial charge in [0.05, 0.1) is 11.6 Å². The molecular weight excluding hydrogens is 162 g/mol. The average molecular weight is 174 g/mol. The van der Waals surface area contributed by atoms with Gasteiger partial charge < -0.3 is 4.42 Å². The summed E-state index contributed by atoms with van der Waals surface area (Å²) in [6.07, 6.45) is 0. The Morgan fingerprint density at radius 1 is 1.55 bits per heavy atom. The maximum Gasteiger partial charge on any atom is 0.197 e. The number of nitrogens with zero attached hydrogens (tertiary/aromatic N) is 1. The van der Waals surface area contributed by atoms with Crippen LogP contribution in [0.1, 0.15) is 37.1 Å². The van der Waals surface area contributed by atoms with E-state index in [2.05, 4.69) is 4.98 Å². The molecule has 1 aromatic heterocycles. The predicted octanol–water partition coefficient (Wildman–Crippen LogP) is 2.85. The third-order valence-electron chi connectivity index (χ3n) is 1.53. The zero-order valence-corrected chi connectivity index (χ0v) is 7.77. The van der Waals surface area contributed by atoms with Gasteiger partial charge in [0.15, 0.2) is 5.89 Å². The summed E-state index contributed by atoms with van der Waals surface area (Å²) in [6, 6.07) is 0. The molecular formula is C8H12ClNO. The van der Waals surface area contributed by atoms with Crippen LogP contribution in [-0.4, -0.2) is 4.98 Å². The first-order chi connectivity index (χ1) is 5.15. The maximum absolute atomic E-state index is 5.63. The Balaban J connectivity index is 2.95. The molecule has 62 valence electrons. The second-order valence-electron chi connectivity index (χ2n) is 2.84. The zero-order valence-electron chi connectivity index (χ0n) is 7.02. The van der Waals surface area contributed by atoms with Gasteiger partial charge in [0.1, 0.15) is 5.76 Å². The Hall–Kier alpha value is -0.500. The van der Waals surface area contributed by atoms with E-state index in [0.717, 1.165) is 17.3 Å². The van der Waals surface area contributed by atoms with Gasteiger partial charge in [-0.25, -0.2) is 4.98 Å². The van der Waals surface area contributed by atoms with Crippen LogP contribution in [-0.2, 0) is 5.88 Å². The molecule has 0 N–H and O–H groups in total. The van der Waals surface area contributed by atoms with Crippen molar-refractivity contribution in [2.24, 2.45) is 0 Å². The highest BCUT2D eigenvalue weighted by Crippen LogP contribution is 2.18. The average Bonchev–Trinajstić information content (AvgIpc) is 2.31. The third kappa shape index (κ3) is 1.74. The summed E-state index contributed by atoms with van der Waals surface area (Å²) in [7, 11) is 0. The van der Waals surface area contributed by atoms with Crippen LogP contribution >= 0.6 is 11.6 Å². The Morgan fingerprint density at radius 2 is 2.18 bits per heavy atom. The van der Waals surface area contributed by atoms with Gasteiger partial charge in [0.2, 0.25) is 0 Å². The molecule has 1 aromatic rings. The molecule has 0 aliphatic rings. The number of aromatic nitrogens is 1. The topological polar surface area (TPSA) is 26.0 Å². The number of rotatable bonds is 2. The van der Waals surface area contributed by atoms with Crippen molar-refractivity contribution in [1.29, 1.82) is 0 Å². The van der Waals surface area contributed by atoms with Crippen LogP contribution in [0.4, 0.5) is 0 Å². The van der Waals surface area contributed by atoms with E-state index in [4.69, 9.17) is 16.0 Å². The minimum absolute atomic E-state index is 0.339. The maximum atomic E-state index is 5.63. The van der Waals surface area contributed by atoms with Crippen LogP contribution in [0, 0.1) is 6.92 Å². The normalized spacial score (nSPS) is 11.0. The molecule has 0 fully saturated rings. The molecule has 1 rings (SSSR count). The smallest absolute Gasteiger partial charge is 0.197 e. The molecule has 1 heterocycles. The lowest BCUT2D eigenvalue weighted by atomic mass is 10.2. The summed E-state index contributed by atoms with van der Waals surface area (Å²) >= 11 is 5.63. The van der Waals surface area contributed by atoms with Crippen molar-refractivity contribution >= 4 is 11.6 Å². The number of hydrogen-bond acceptors (Lipinski definition) is 2. The Labute approximate surface area is 71.6 Å². The van der Waals surface area contributed by atoms with Gasteiger partial charge in [-0.2, -0.15) is 0 Å². The van der Waals surface area contributed by atoms with E-state index in [-0.39, 0.29) is 0 Å². The molecule has 0 amide bonds. The van der Waals surface area contributed by atoms with Gasteiger partial charge in [0.25, 0.3) is 0 Å². The lowest BCUT2D eigenvalue weighted by Crippen LogP contribution is -1.87. The van der Waals surface area contributed by atoms with E-state index >= 15 is 0 Å². The van der Waals surface area contributed by atoms with E-state index < -0.39 is 0 Å². The van der Waals surface area contributed by atoms with Crippen molar-refractivity contribution in [1.82, 2.24) is 4.98 Å². The largest absolute Gasteiger partial charge is 0.445 e. The number of aryl methyl sites for hydroxylation is 1. The second kappa shape index (κ2) is 3.26. The van der Waals surface area contributed by atoms with Crippen molar-refractivity contribution in [2.75, 3.05) is 0 Å². The standard InChI is InChI=1S/C8H12ClNO/c1-5(2)8-10-7(4-9)6(3)11-8/h5H,4H2,1-3H3. The first-order valence-electron chi connectivity index (χ1n) is 3.67. The number of oxazole rings is 1. The molecule has 11 heavy (non-hydrogen) atoms. The van der Waals surface area contributed by atoms with E-state index in [0.29, 0.717) is 11.8 Å². The summed E-state index contributed by atoms with van der Waals surface area (Å²) in [4.78, 5) is 4.23. The number of hydrogen-bond donors (Lipinski definition) is 0. The number of halogens is 1. The van der Waals surface area contributed by atoms with Crippen LogP contribution in [0.3, 0.4) is 0 Å². The summed E-state index contributed by atoms with van der Waals surface area (Å²) in [6.45, 7) is 5.98. The molecule has 0 saturated heterocycles. The molecule has 0 radical (unpaired) electrons. The van der Waals surface area contributed by atoms with Crippen molar-refractivity contribution in [3.63, 3.8) is 0 Å². The zero-order chi connectivity index (χ0) is 8.43. The second-order valence-corrected chi connectivity index (χ2v) is 3.11. The highest BCUT2D eigenvalue weighted by Gasteiger charge is 2.10. The number of alkyl halides is 1. The highest BCUT2D eigenvalue weighted by atomic mass is 35.5. The van der Waals surface area contributed by atoms with Gasteiger partial charge in [0, 0.05) is 5.92 Å². The minimum atomic E-state index is 0.339. The van der Waals surface area contributed by atoms with Crippen molar-refractivity contribution in [2.45, 2.75) is 32.6 Å². The van der Waals surface area contributed by atoms with Crippen LogP contribution in [0.15, 0.2) is 4.42 Å². The van der Waals surface area contributed by atoms with E-state index in [9.17, 15) is 0 Å². The van der Waals surface area contributed by atoms with E-state index in [1.807, 2.05) is 20.8 Å². The monoisotopic (exact) mass is 173 g/mol. The SMILES string of the molecule is Cc1oc(C(C)C)nc1CCl. The van der Waals surface area contributed by atoms with Crippen LogP contribution in [0.2, 0.25) is 0 Å². The molecule has 2 nitrogen and oxygen atoms in total. The van der Waals surface area contributed by atoms with Crippen LogP contribution in [0.25, 0.3) is 0 Å². The first kappa shape index (κ1) is 8.60. The molecule has 0 atom stereocenters. The Kier molecular flexibility index (Phi) is 2.55. The Morgan fingerprint density at radius 3 is 2.45 bits per heavy atom. The summed E-state index contributed by atoms with van der Waals surface area (Å²) < 4.78 is 5.37. The fourth-order valence-electron chi connectivity index (χ4n) is 0.821. The van der Waals surface area contributed by atoms with Gasteiger partial charge in [-0.1, -0.05) is 13.8 Å². The molecule has 0 unspecified atom stereocenters. The fraction of sp³-hybridized carbons (Fsp3) is 0.625. The molecule has 3 heteroatoms. The molecule has 0 bridgehead atoms. The van der Waals surface area contributed by atoms with Gasteiger partial charge in [-0.3, -0.25) is 0 Å². The first-order valence-corrected chi connectivity index (χ1v) is 4.20. The van der Waals surface area contributed by atoms with Crippen molar-refractivity contribution < 1.29 is 4.42 Å².